The summed E-state index contributed by atoms with van der Waals surface area (Å²) in [5.74, 6) is 0.0169. The van der Waals surface area contributed by atoms with Crippen molar-refractivity contribution in [2.75, 3.05) is 4.90 Å². The number of hydrogen-bond acceptors (Lipinski definition) is 4. The van der Waals surface area contributed by atoms with E-state index < -0.39 is 0 Å². The predicted octanol–water partition coefficient (Wildman–Crippen LogP) is 7.23. The molecule has 0 aliphatic heterocycles. The highest BCUT2D eigenvalue weighted by molar-refractivity contribution is 7.99. The molecule has 6 heteroatoms. The first kappa shape index (κ1) is 21.9. The minimum atomic E-state index is 0.0169. The zero-order chi connectivity index (χ0) is 21.8. The molecule has 0 aliphatic rings. The van der Waals surface area contributed by atoms with Crippen LogP contribution in [0.4, 0.5) is 5.13 Å². The Morgan fingerprint density at radius 2 is 1.74 bits per heavy atom. The third kappa shape index (κ3) is 5.48. The second-order valence-electron chi connectivity index (χ2n) is 7.54. The molecule has 0 aliphatic carbocycles. The van der Waals surface area contributed by atoms with Gasteiger partial charge in [0.05, 0.1) is 22.7 Å². The standard InChI is InChI=1S/C25H23ClN2OS2/c1-17(2)30-20-13-11-18(12-14-20)15-23(29)28(16-19-7-4-3-5-8-19)25-27-24-21(26)9-6-10-22(24)31-25/h3-14,17H,15-16H2,1-2H3. The Bertz CT molecular complexity index is 1170. The molecular weight excluding hydrogens is 444 g/mol. The Morgan fingerprint density at radius 3 is 2.42 bits per heavy atom. The van der Waals surface area contributed by atoms with Crippen molar-refractivity contribution in [1.82, 2.24) is 4.98 Å². The lowest BCUT2D eigenvalue weighted by atomic mass is 10.1. The summed E-state index contributed by atoms with van der Waals surface area (Å²) in [4.78, 5) is 21.1. The molecule has 0 saturated heterocycles. The first-order valence-electron chi connectivity index (χ1n) is 10.1. The molecule has 0 radical (unpaired) electrons. The lowest BCUT2D eigenvalue weighted by Gasteiger charge is -2.20. The van der Waals surface area contributed by atoms with Gasteiger partial charge in [-0.1, -0.05) is 85.3 Å². The van der Waals surface area contributed by atoms with Crippen molar-refractivity contribution < 1.29 is 4.79 Å². The fourth-order valence-corrected chi connectivity index (χ4v) is 5.39. The normalized spacial score (nSPS) is 11.2. The first-order chi connectivity index (χ1) is 15.0. The molecule has 4 rings (SSSR count). The predicted molar refractivity (Wildman–Crippen MR) is 133 cm³/mol. The van der Waals surface area contributed by atoms with Gasteiger partial charge in [0.15, 0.2) is 5.13 Å². The van der Waals surface area contributed by atoms with Crippen LogP contribution in [-0.4, -0.2) is 16.1 Å². The van der Waals surface area contributed by atoms with Crippen LogP contribution in [0.5, 0.6) is 0 Å². The summed E-state index contributed by atoms with van der Waals surface area (Å²) in [5.41, 5.74) is 2.80. The fraction of sp³-hybridized carbons (Fsp3) is 0.200. The quantitative estimate of drug-likeness (QED) is 0.269. The maximum atomic E-state index is 13.4. The van der Waals surface area contributed by atoms with Crippen LogP contribution < -0.4 is 4.90 Å². The van der Waals surface area contributed by atoms with Gasteiger partial charge in [-0.2, -0.15) is 0 Å². The highest BCUT2D eigenvalue weighted by Crippen LogP contribution is 2.34. The van der Waals surface area contributed by atoms with E-state index in [1.807, 2.05) is 72.4 Å². The second kappa shape index (κ2) is 9.86. The summed E-state index contributed by atoms with van der Waals surface area (Å²) in [6.45, 7) is 4.82. The van der Waals surface area contributed by atoms with Crippen molar-refractivity contribution in [1.29, 1.82) is 0 Å². The zero-order valence-electron chi connectivity index (χ0n) is 17.4. The number of rotatable bonds is 7. The van der Waals surface area contributed by atoms with Gasteiger partial charge >= 0.3 is 0 Å². The van der Waals surface area contributed by atoms with Gasteiger partial charge in [-0.05, 0) is 35.4 Å². The van der Waals surface area contributed by atoms with Crippen LogP contribution in [0.15, 0.2) is 77.7 Å². The molecule has 4 aromatic rings. The van der Waals surface area contributed by atoms with Gasteiger partial charge in [-0.25, -0.2) is 4.98 Å². The smallest absolute Gasteiger partial charge is 0.233 e. The lowest BCUT2D eigenvalue weighted by molar-refractivity contribution is -0.118. The molecule has 0 fully saturated rings. The molecule has 158 valence electrons. The van der Waals surface area contributed by atoms with Gasteiger partial charge in [0.1, 0.15) is 5.52 Å². The topological polar surface area (TPSA) is 33.2 Å². The van der Waals surface area contributed by atoms with Crippen molar-refractivity contribution >= 4 is 56.0 Å². The van der Waals surface area contributed by atoms with Gasteiger partial charge in [0, 0.05) is 10.1 Å². The zero-order valence-corrected chi connectivity index (χ0v) is 19.8. The number of amides is 1. The number of nitrogens with zero attached hydrogens (tertiary/aromatic N) is 2. The van der Waals surface area contributed by atoms with Crippen molar-refractivity contribution in [2.45, 2.75) is 37.0 Å². The van der Waals surface area contributed by atoms with Crippen molar-refractivity contribution in [2.24, 2.45) is 0 Å². The Kier molecular flexibility index (Phi) is 6.96. The number of hydrogen-bond donors (Lipinski definition) is 0. The van der Waals surface area contributed by atoms with Crippen LogP contribution in [0.1, 0.15) is 25.0 Å². The molecule has 0 unspecified atom stereocenters. The number of carbonyl (C=O) groups is 1. The van der Waals surface area contributed by atoms with Gasteiger partial charge in [0.2, 0.25) is 5.91 Å². The van der Waals surface area contributed by atoms with Crippen molar-refractivity contribution in [3.8, 4) is 0 Å². The number of benzene rings is 3. The first-order valence-corrected chi connectivity index (χ1v) is 12.2. The molecule has 0 saturated carbocycles. The molecule has 3 aromatic carbocycles. The largest absolute Gasteiger partial charge is 0.283 e. The highest BCUT2D eigenvalue weighted by Gasteiger charge is 2.21. The van der Waals surface area contributed by atoms with Crippen LogP contribution in [0.3, 0.4) is 0 Å². The minimum absolute atomic E-state index is 0.0169. The number of anilines is 1. The molecular formula is C25H23ClN2OS2. The summed E-state index contributed by atoms with van der Waals surface area (Å²) >= 11 is 9.65. The molecule has 1 amide bonds. The third-order valence-electron chi connectivity index (χ3n) is 4.72. The minimum Gasteiger partial charge on any atom is -0.283 e. The number of thioether (sulfide) groups is 1. The Labute approximate surface area is 196 Å². The molecule has 3 nitrogen and oxygen atoms in total. The van der Waals surface area contributed by atoms with Gasteiger partial charge in [0.25, 0.3) is 0 Å². The molecule has 31 heavy (non-hydrogen) atoms. The highest BCUT2D eigenvalue weighted by atomic mass is 35.5. The summed E-state index contributed by atoms with van der Waals surface area (Å²) in [6.07, 6.45) is 0.323. The summed E-state index contributed by atoms with van der Waals surface area (Å²) in [7, 11) is 0. The Hall–Kier alpha value is -2.34. The molecule has 1 heterocycles. The van der Waals surface area contributed by atoms with E-state index in [2.05, 4.69) is 26.0 Å². The van der Waals surface area contributed by atoms with E-state index in [0.717, 1.165) is 21.3 Å². The SMILES string of the molecule is CC(C)Sc1ccc(CC(=O)N(Cc2ccccc2)c2nc3c(Cl)cccc3s2)cc1. The summed E-state index contributed by atoms with van der Waals surface area (Å²) < 4.78 is 0.975. The van der Waals surface area contributed by atoms with Crippen LogP contribution in [-0.2, 0) is 17.8 Å². The van der Waals surface area contributed by atoms with E-state index in [0.29, 0.717) is 28.4 Å². The lowest BCUT2D eigenvalue weighted by Crippen LogP contribution is -2.31. The van der Waals surface area contributed by atoms with Crippen LogP contribution in [0, 0.1) is 0 Å². The number of thiazole rings is 1. The molecule has 0 N–H and O–H groups in total. The van der Waals surface area contributed by atoms with E-state index in [1.54, 1.807) is 4.90 Å². The summed E-state index contributed by atoms with van der Waals surface area (Å²) in [5, 5.41) is 1.80. The monoisotopic (exact) mass is 466 g/mol. The third-order valence-corrected chi connectivity index (χ3v) is 7.09. The van der Waals surface area contributed by atoms with Crippen LogP contribution >= 0.6 is 34.7 Å². The number of fused-ring (bicyclic) bond motifs is 1. The second-order valence-corrected chi connectivity index (χ2v) is 10.6. The maximum Gasteiger partial charge on any atom is 0.233 e. The van der Waals surface area contributed by atoms with E-state index >= 15 is 0 Å². The average Bonchev–Trinajstić information content (AvgIpc) is 3.19. The number of aromatic nitrogens is 1. The average molecular weight is 467 g/mol. The molecule has 1 aromatic heterocycles. The van der Waals surface area contributed by atoms with Gasteiger partial charge in [-0.15, -0.1) is 11.8 Å². The maximum absolute atomic E-state index is 13.4. The van der Waals surface area contributed by atoms with Gasteiger partial charge < -0.3 is 0 Å². The number of halogens is 1. The van der Waals surface area contributed by atoms with Crippen molar-refractivity contribution in [3.05, 3.63) is 88.9 Å². The molecule has 0 atom stereocenters. The Morgan fingerprint density at radius 1 is 1.00 bits per heavy atom. The number of para-hydroxylation sites is 1. The number of carbonyl (C=O) groups excluding carboxylic acids is 1. The molecule has 0 spiro atoms. The van der Waals surface area contributed by atoms with Crippen LogP contribution in [0.25, 0.3) is 10.2 Å². The van der Waals surface area contributed by atoms with Gasteiger partial charge in [-0.3, -0.25) is 9.69 Å². The van der Waals surface area contributed by atoms with E-state index in [4.69, 9.17) is 16.6 Å². The Balaban J connectivity index is 1.61. The fourth-order valence-electron chi connectivity index (χ4n) is 3.28. The van der Waals surface area contributed by atoms with Crippen LogP contribution in [0.2, 0.25) is 5.02 Å². The summed E-state index contributed by atoms with van der Waals surface area (Å²) in [6, 6.07) is 24.0. The van der Waals surface area contributed by atoms with E-state index in [1.165, 1.54) is 16.2 Å². The van der Waals surface area contributed by atoms with E-state index in [9.17, 15) is 4.79 Å². The van der Waals surface area contributed by atoms with E-state index in [-0.39, 0.29) is 5.91 Å². The molecule has 0 bridgehead atoms. The van der Waals surface area contributed by atoms with Crippen molar-refractivity contribution in [3.63, 3.8) is 0 Å².